The summed E-state index contributed by atoms with van der Waals surface area (Å²) in [5.74, 6) is 0.766. The van der Waals surface area contributed by atoms with Gasteiger partial charge in [0.05, 0.1) is 6.10 Å². The number of methoxy groups -OCH3 is 1. The van der Waals surface area contributed by atoms with E-state index in [1.807, 2.05) is 4.90 Å². The zero-order valence-corrected chi connectivity index (χ0v) is 27.0. The molecule has 4 aliphatic heterocycles. The summed E-state index contributed by atoms with van der Waals surface area (Å²) in [5, 5.41) is 7.60. The molecule has 9 heteroatoms. The number of hydrogen-bond donors (Lipinski definition) is 3. The van der Waals surface area contributed by atoms with Gasteiger partial charge in [-0.3, -0.25) is 9.59 Å². The molecule has 2 unspecified atom stereocenters. The van der Waals surface area contributed by atoms with Gasteiger partial charge in [0.2, 0.25) is 11.8 Å². The van der Waals surface area contributed by atoms with Crippen LogP contribution in [0.2, 0.25) is 0 Å². The van der Waals surface area contributed by atoms with Crippen LogP contribution in [-0.4, -0.2) is 74.2 Å². The highest BCUT2D eigenvalue weighted by molar-refractivity contribution is 7.80. The highest BCUT2D eigenvalue weighted by Gasteiger charge is 2.40. The Labute approximate surface area is 266 Å². The van der Waals surface area contributed by atoms with Gasteiger partial charge in [-0.2, -0.15) is 0 Å². The lowest BCUT2D eigenvalue weighted by Gasteiger charge is -2.39. The zero-order valence-electron chi connectivity index (χ0n) is 26.1. The number of nitrogens with one attached hydrogen (secondary N) is 2. The first-order valence-electron chi connectivity index (χ1n) is 16.5. The van der Waals surface area contributed by atoms with Gasteiger partial charge in [0, 0.05) is 56.2 Å². The van der Waals surface area contributed by atoms with E-state index in [1.54, 1.807) is 7.11 Å². The molecule has 0 bridgehead atoms. The third kappa shape index (κ3) is 6.18. The smallest absolute Gasteiger partial charge is 0.248 e. The maximum atomic E-state index is 13.5. The van der Waals surface area contributed by atoms with E-state index in [9.17, 15) is 9.59 Å². The molecule has 0 radical (unpaired) electrons. The summed E-state index contributed by atoms with van der Waals surface area (Å²) in [6.07, 6.45) is 6.54. The molecule has 3 fully saturated rings. The van der Waals surface area contributed by atoms with Gasteiger partial charge in [-0.1, -0.05) is 17.7 Å². The fraction of sp³-hybridized carbons (Fsp3) is 0.600. The van der Waals surface area contributed by atoms with Gasteiger partial charge in [0.1, 0.15) is 13.2 Å². The number of carbonyl (C=O) groups excluding carboxylic acids is 2. The van der Waals surface area contributed by atoms with E-state index in [2.05, 4.69) is 46.7 Å². The highest BCUT2D eigenvalue weighted by Crippen LogP contribution is 2.45. The minimum atomic E-state index is 0.0356. The summed E-state index contributed by atoms with van der Waals surface area (Å²) < 4.78 is 11.0. The number of rotatable bonds is 8. The van der Waals surface area contributed by atoms with Gasteiger partial charge in [0.15, 0.2) is 0 Å². The minimum absolute atomic E-state index is 0.0356. The monoisotopic (exact) mass is 618 g/mol. The zero-order chi connectivity index (χ0) is 30.4. The molecular formula is C35H46N4O4S. The molecule has 2 aromatic carbocycles. The Morgan fingerprint density at radius 2 is 1.70 bits per heavy atom. The molecule has 7 rings (SSSR count). The number of ether oxygens (including phenoxy) is 2. The van der Waals surface area contributed by atoms with Crippen LogP contribution in [0.5, 0.6) is 0 Å². The molecule has 2 saturated heterocycles. The number of nitrogens with zero attached hydrogens (tertiary/aromatic N) is 2. The number of benzene rings is 2. The lowest BCUT2D eigenvalue weighted by Crippen LogP contribution is -2.43. The van der Waals surface area contributed by atoms with Crippen molar-refractivity contribution in [3.63, 3.8) is 0 Å². The van der Waals surface area contributed by atoms with Crippen molar-refractivity contribution < 1.29 is 19.1 Å². The molecule has 0 aromatic heterocycles. The molecule has 1 aliphatic carbocycles. The maximum Gasteiger partial charge on any atom is 0.248 e. The van der Waals surface area contributed by atoms with Crippen LogP contribution < -0.4 is 10.6 Å². The van der Waals surface area contributed by atoms with E-state index in [0.29, 0.717) is 31.6 Å². The van der Waals surface area contributed by atoms with Gasteiger partial charge >= 0.3 is 0 Å². The van der Waals surface area contributed by atoms with Crippen LogP contribution in [0.3, 0.4) is 0 Å². The van der Waals surface area contributed by atoms with E-state index < -0.39 is 0 Å². The minimum Gasteiger partial charge on any atom is -0.375 e. The van der Waals surface area contributed by atoms with Crippen molar-refractivity contribution in [3.05, 3.63) is 63.2 Å². The largest absolute Gasteiger partial charge is 0.375 e. The Kier molecular flexibility index (Phi) is 8.77. The van der Waals surface area contributed by atoms with E-state index in [1.165, 1.54) is 45.4 Å². The summed E-state index contributed by atoms with van der Waals surface area (Å²) in [6, 6.07) is 9.63. The van der Waals surface area contributed by atoms with Gasteiger partial charge in [-0.05, 0) is 110 Å². The normalized spacial score (nSPS) is 26.5. The number of thiol groups is 1. The van der Waals surface area contributed by atoms with Crippen LogP contribution in [0.1, 0.15) is 89.0 Å². The van der Waals surface area contributed by atoms with Crippen molar-refractivity contribution in [2.75, 3.05) is 46.5 Å². The lowest BCUT2D eigenvalue weighted by molar-refractivity contribution is -0.138. The second-order valence-electron chi connectivity index (χ2n) is 13.6. The molecule has 5 aliphatic rings. The van der Waals surface area contributed by atoms with Crippen molar-refractivity contribution in [1.82, 2.24) is 20.4 Å². The van der Waals surface area contributed by atoms with Gasteiger partial charge in [0.25, 0.3) is 0 Å². The second kappa shape index (κ2) is 12.8. The van der Waals surface area contributed by atoms with Gasteiger partial charge in [-0.25, -0.2) is 0 Å². The van der Waals surface area contributed by atoms with E-state index in [-0.39, 0.29) is 43.1 Å². The van der Waals surface area contributed by atoms with E-state index in [4.69, 9.17) is 22.1 Å². The van der Waals surface area contributed by atoms with Crippen LogP contribution in [0.25, 0.3) is 0 Å². The van der Waals surface area contributed by atoms with Crippen LogP contribution in [-0.2, 0) is 38.6 Å². The third-order valence-electron chi connectivity index (χ3n) is 10.5. The van der Waals surface area contributed by atoms with Gasteiger partial charge < -0.3 is 29.9 Å². The molecule has 2 N–H and O–H groups in total. The van der Waals surface area contributed by atoms with Gasteiger partial charge in [-0.15, -0.1) is 12.6 Å². The average Bonchev–Trinajstić information content (AvgIpc) is 3.45. The number of hydrogen-bond acceptors (Lipinski definition) is 7. The third-order valence-corrected chi connectivity index (χ3v) is 10.7. The summed E-state index contributed by atoms with van der Waals surface area (Å²) in [4.78, 5) is 31.2. The Balaban J connectivity index is 1.18. The topological polar surface area (TPSA) is 83.1 Å². The van der Waals surface area contributed by atoms with Crippen molar-refractivity contribution in [2.24, 2.45) is 5.92 Å². The van der Waals surface area contributed by atoms with Crippen molar-refractivity contribution in [2.45, 2.75) is 87.5 Å². The quantitative estimate of drug-likeness (QED) is 0.385. The predicted molar refractivity (Wildman–Crippen MR) is 172 cm³/mol. The standard InChI is InChI=1S/C35H46N4O4S/c1-21-10-26-30(17-39(35(41)20-43-24-5-6-24)18-31(26)27(11-21)32-4-3-8-36-32)23-13-33(37-15-23)28-14-25(44)12-22-7-9-38(16-29(22)28)34(40)19-42-2/h10-12,14,23-24,30,32-33,36-37,44H,3-9,13,15-20H2,1-2H3/t23?,30?,32-,33-/m0/s1. The van der Waals surface area contributed by atoms with E-state index in [0.717, 1.165) is 56.6 Å². The fourth-order valence-corrected chi connectivity index (χ4v) is 8.37. The molecular weight excluding hydrogens is 572 g/mol. The number of amides is 2. The first-order chi connectivity index (χ1) is 21.4. The number of fused-ring (bicyclic) bond motifs is 2. The summed E-state index contributed by atoms with van der Waals surface area (Å²) in [6.45, 7) is 7.14. The molecule has 8 nitrogen and oxygen atoms in total. The lowest BCUT2D eigenvalue weighted by atomic mass is 9.76. The Hall–Kier alpha value is -2.43. The molecule has 0 spiro atoms. The summed E-state index contributed by atoms with van der Waals surface area (Å²) in [5.41, 5.74) is 9.25. The Morgan fingerprint density at radius 1 is 0.932 bits per heavy atom. The molecule has 2 aromatic rings. The molecule has 2 amide bonds. The SMILES string of the molecule is COCC(=O)N1CCc2cc(S)cc([C@@H]3CC(C4CN(C(=O)COC5CC5)Cc5c4cc(C)cc5[C@@H]4CCCN4)CN3)c2C1. The van der Waals surface area contributed by atoms with Crippen LogP contribution in [0.4, 0.5) is 0 Å². The fourth-order valence-electron chi connectivity index (χ4n) is 8.07. The first kappa shape index (κ1) is 30.2. The van der Waals surface area contributed by atoms with Crippen molar-refractivity contribution >= 4 is 24.4 Å². The molecule has 4 atom stereocenters. The number of carbonyl (C=O) groups is 2. The Bertz CT molecular complexity index is 1420. The summed E-state index contributed by atoms with van der Waals surface area (Å²) >= 11 is 4.79. The molecule has 236 valence electrons. The van der Waals surface area contributed by atoms with Crippen molar-refractivity contribution in [1.29, 1.82) is 0 Å². The van der Waals surface area contributed by atoms with Crippen molar-refractivity contribution in [3.8, 4) is 0 Å². The molecule has 1 saturated carbocycles. The highest BCUT2D eigenvalue weighted by atomic mass is 32.1. The molecule has 4 heterocycles. The van der Waals surface area contributed by atoms with Crippen LogP contribution in [0, 0.1) is 12.8 Å². The maximum absolute atomic E-state index is 13.5. The predicted octanol–water partition coefficient (Wildman–Crippen LogP) is 4.19. The number of aryl methyl sites for hydroxylation is 1. The first-order valence-corrected chi connectivity index (χ1v) is 16.9. The summed E-state index contributed by atoms with van der Waals surface area (Å²) in [7, 11) is 1.57. The Morgan fingerprint density at radius 3 is 2.48 bits per heavy atom. The van der Waals surface area contributed by atoms with Crippen LogP contribution >= 0.6 is 12.6 Å². The average molecular weight is 619 g/mol. The molecule has 44 heavy (non-hydrogen) atoms. The van der Waals surface area contributed by atoms with E-state index >= 15 is 0 Å². The van der Waals surface area contributed by atoms with Crippen LogP contribution in [0.15, 0.2) is 29.2 Å². The second-order valence-corrected chi connectivity index (χ2v) is 14.1.